The van der Waals surface area contributed by atoms with Gasteiger partial charge in [-0.2, -0.15) is 0 Å². The highest BCUT2D eigenvalue weighted by Gasteiger charge is 2.17. The molecule has 2 aromatic rings. The Kier molecular flexibility index (Phi) is 7.27. The number of fused-ring (bicyclic) bond motifs is 1. The number of thiocarbonyl (C=S) groups is 1. The average Bonchev–Trinajstić information content (AvgIpc) is 2.88. The van der Waals surface area contributed by atoms with Crippen LogP contribution in [0.3, 0.4) is 0 Å². The lowest BCUT2D eigenvalue weighted by Gasteiger charge is -2.08. The SMILES string of the molecule is CCCCCCCNC(=S)NC(=O)c1sc2ccccc2c1Cl. The molecule has 1 amide bonds. The van der Waals surface area contributed by atoms with Gasteiger partial charge in [0.25, 0.3) is 5.91 Å². The van der Waals surface area contributed by atoms with E-state index in [4.69, 9.17) is 23.8 Å². The van der Waals surface area contributed by atoms with Crippen molar-refractivity contribution in [2.24, 2.45) is 0 Å². The van der Waals surface area contributed by atoms with Crippen LogP contribution in [0.2, 0.25) is 5.02 Å². The summed E-state index contributed by atoms with van der Waals surface area (Å²) in [6.07, 6.45) is 5.98. The first-order valence-electron chi connectivity index (χ1n) is 7.89. The van der Waals surface area contributed by atoms with Crippen molar-refractivity contribution < 1.29 is 4.79 Å². The summed E-state index contributed by atoms with van der Waals surface area (Å²) in [6, 6.07) is 7.71. The summed E-state index contributed by atoms with van der Waals surface area (Å²) in [5, 5.41) is 7.54. The summed E-state index contributed by atoms with van der Waals surface area (Å²) in [6.45, 7) is 2.98. The van der Waals surface area contributed by atoms with Crippen LogP contribution < -0.4 is 10.6 Å². The molecule has 1 heterocycles. The fourth-order valence-electron chi connectivity index (χ4n) is 2.29. The standard InChI is InChI=1S/C17H21ClN2OS2/c1-2-3-4-5-8-11-19-17(22)20-16(21)15-14(18)12-9-6-7-10-13(12)23-15/h6-7,9-10H,2-5,8,11H2,1H3,(H2,19,20,21,22). The number of unbranched alkanes of at least 4 members (excludes halogenated alkanes) is 4. The lowest BCUT2D eigenvalue weighted by atomic mass is 10.1. The number of nitrogens with one attached hydrogen (secondary N) is 2. The van der Waals surface area contributed by atoms with Gasteiger partial charge in [0.15, 0.2) is 5.11 Å². The Hall–Kier alpha value is -1.17. The molecule has 0 radical (unpaired) electrons. The van der Waals surface area contributed by atoms with E-state index in [2.05, 4.69) is 17.6 Å². The van der Waals surface area contributed by atoms with Crippen LogP contribution in [-0.4, -0.2) is 17.6 Å². The summed E-state index contributed by atoms with van der Waals surface area (Å²) in [5.41, 5.74) is 0. The topological polar surface area (TPSA) is 41.1 Å². The number of hydrogen-bond acceptors (Lipinski definition) is 3. The average molecular weight is 369 g/mol. The van der Waals surface area contributed by atoms with Crippen LogP contribution in [0.25, 0.3) is 10.1 Å². The van der Waals surface area contributed by atoms with Crippen LogP contribution in [0, 0.1) is 0 Å². The highest BCUT2D eigenvalue weighted by molar-refractivity contribution is 7.80. The summed E-state index contributed by atoms with van der Waals surface area (Å²) in [4.78, 5) is 12.8. The molecule has 23 heavy (non-hydrogen) atoms. The molecule has 0 fully saturated rings. The maximum Gasteiger partial charge on any atom is 0.269 e. The summed E-state index contributed by atoms with van der Waals surface area (Å²) >= 11 is 12.9. The molecule has 0 bridgehead atoms. The second kappa shape index (κ2) is 9.21. The Balaban J connectivity index is 1.83. The van der Waals surface area contributed by atoms with Gasteiger partial charge in [-0.3, -0.25) is 10.1 Å². The van der Waals surface area contributed by atoms with Gasteiger partial charge in [-0.25, -0.2) is 0 Å². The third kappa shape index (κ3) is 5.16. The fraction of sp³-hybridized carbons (Fsp3) is 0.412. The van der Waals surface area contributed by atoms with E-state index in [1.807, 2.05) is 24.3 Å². The zero-order valence-corrected chi connectivity index (χ0v) is 15.5. The van der Waals surface area contributed by atoms with E-state index < -0.39 is 0 Å². The Morgan fingerprint density at radius 3 is 2.70 bits per heavy atom. The molecule has 6 heteroatoms. The minimum absolute atomic E-state index is 0.250. The summed E-state index contributed by atoms with van der Waals surface area (Å²) in [7, 11) is 0. The van der Waals surface area contributed by atoms with Gasteiger partial charge in [0, 0.05) is 16.6 Å². The van der Waals surface area contributed by atoms with Gasteiger partial charge < -0.3 is 5.32 Å². The third-order valence-electron chi connectivity index (χ3n) is 3.53. The number of carbonyl (C=O) groups excluding carboxylic acids is 1. The monoisotopic (exact) mass is 368 g/mol. The molecule has 0 saturated heterocycles. The summed E-state index contributed by atoms with van der Waals surface area (Å²) < 4.78 is 0.998. The first-order valence-corrected chi connectivity index (χ1v) is 9.50. The van der Waals surface area contributed by atoms with E-state index in [1.165, 1.54) is 37.0 Å². The van der Waals surface area contributed by atoms with Crippen LogP contribution in [-0.2, 0) is 0 Å². The largest absolute Gasteiger partial charge is 0.362 e. The van der Waals surface area contributed by atoms with E-state index in [0.717, 1.165) is 23.1 Å². The van der Waals surface area contributed by atoms with Crippen LogP contribution in [0.4, 0.5) is 0 Å². The number of carbonyl (C=O) groups is 1. The third-order valence-corrected chi connectivity index (χ3v) is 5.45. The maximum atomic E-state index is 12.3. The van der Waals surface area contributed by atoms with Crippen LogP contribution in [0.15, 0.2) is 24.3 Å². The molecular weight excluding hydrogens is 348 g/mol. The van der Waals surface area contributed by atoms with Gasteiger partial charge in [0.1, 0.15) is 4.88 Å². The molecular formula is C17H21ClN2OS2. The van der Waals surface area contributed by atoms with E-state index in [-0.39, 0.29) is 5.91 Å². The number of rotatable bonds is 7. The van der Waals surface area contributed by atoms with Crippen molar-refractivity contribution in [1.29, 1.82) is 0 Å². The lowest BCUT2D eigenvalue weighted by molar-refractivity contribution is 0.0981. The molecule has 0 atom stereocenters. The van der Waals surface area contributed by atoms with Gasteiger partial charge in [-0.05, 0) is 24.7 Å². The Morgan fingerprint density at radius 2 is 1.96 bits per heavy atom. The quantitative estimate of drug-likeness (QED) is 0.525. The normalized spacial score (nSPS) is 10.7. The molecule has 0 aliphatic rings. The Labute approximate surface area is 151 Å². The van der Waals surface area contributed by atoms with Crippen LogP contribution in [0.5, 0.6) is 0 Å². The second-order valence-electron chi connectivity index (χ2n) is 5.37. The van der Waals surface area contributed by atoms with Crippen molar-refractivity contribution in [1.82, 2.24) is 10.6 Å². The molecule has 0 aliphatic carbocycles. The first kappa shape index (κ1) is 18.2. The van der Waals surface area contributed by atoms with Gasteiger partial charge >= 0.3 is 0 Å². The molecule has 0 unspecified atom stereocenters. The number of thiophene rings is 1. The highest BCUT2D eigenvalue weighted by atomic mass is 35.5. The number of amides is 1. The molecule has 1 aromatic carbocycles. The van der Waals surface area contributed by atoms with Gasteiger partial charge in [0.05, 0.1) is 5.02 Å². The summed E-state index contributed by atoms with van der Waals surface area (Å²) in [5.74, 6) is -0.250. The fourth-order valence-corrected chi connectivity index (χ4v) is 3.90. The van der Waals surface area contributed by atoms with E-state index >= 15 is 0 Å². The van der Waals surface area contributed by atoms with Gasteiger partial charge in [-0.15, -0.1) is 11.3 Å². The molecule has 2 N–H and O–H groups in total. The molecule has 1 aromatic heterocycles. The second-order valence-corrected chi connectivity index (χ2v) is 7.20. The molecule has 124 valence electrons. The molecule has 2 rings (SSSR count). The number of halogens is 1. The molecule has 3 nitrogen and oxygen atoms in total. The number of hydrogen-bond donors (Lipinski definition) is 2. The highest BCUT2D eigenvalue weighted by Crippen LogP contribution is 2.34. The van der Waals surface area contributed by atoms with Crippen molar-refractivity contribution in [2.75, 3.05) is 6.54 Å². The predicted octanol–water partition coefficient (Wildman–Crippen LogP) is 5.13. The Bertz CT molecular complexity index is 684. The first-order chi connectivity index (χ1) is 11.1. The van der Waals surface area contributed by atoms with Crippen molar-refractivity contribution in [3.8, 4) is 0 Å². The predicted molar refractivity (Wildman–Crippen MR) is 104 cm³/mol. The lowest BCUT2D eigenvalue weighted by Crippen LogP contribution is -2.39. The smallest absolute Gasteiger partial charge is 0.269 e. The van der Waals surface area contributed by atoms with Crippen molar-refractivity contribution in [3.63, 3.8) is 0 Å². The maximum absolute atomic E-state index is 12.3. The molecule has 0 spiro atoms. The van der Waals surface area contributed by atoms with Gasteiger partial charge in [0.2, 0.25) is 0 Å². The van der Waals surface area contributed by atoms with Crippen molar-refractivity contribution >= 4 is 56.3 Å². The Morgan fingerprint density at radius 1 is 1.22 bits per heavy atom. The van der Waals surface area contributed by atoms with Crippen LogP contribution >= 0.6 is 35.2 Å². The molecule has 0 saturated carbocycles. The van der Waals surface area contributed by atoms with Crippen molar-refractivity contribution in [3.05, 3.63) is 34.2 Å². The van der Waals surface area contributed by atoms with E-state index in [9.17, 15) is 4.79 Å². The minimum atomic E-state index is -0.250. The zero-order chi connectivity index (χ0) is 16.7. The van der Waals surface area contributed by atoms with Crippen LogP contribution in [0.1, 0.15) is 48.7 Å². The van der Waals surface area contributed by atoms with E-state index in [0.29, 0.717) is 15.0 Å². The van der Waals surface area contributed by atoms with Crippen molar-refractivity contribution in [2.45, 2.75) is 39.0 Å². The zero-order valence-electron chi connectivity index (χ0n) is 13.2. The number of benzene rings is 1. The van der Waals surface area contributed by atoms with Gasteiger partial charge in [-0.1, -0.05) is 62.4 Å². The molecule has 0 aliphatic heterocycles. The minimum Gasteiger partial charge on any atom is -0.362 e. The van der Waals surface area contributed by atoms with E-state index in [1.54, 1.807) is 0 Å².